The Morgan fingerprint density at radius 1 is 1.21 bits per heavy atom. The largest absolute Gasteiger partial charge is 0.444 e. The maximum absolute atomic E-state index is 13.5. The van der Waals surface area contributed by atoms with Crippen molar-refractivity contribution >= 4 is 6.09 Å². The van der Waals surface area contributed by atoms with E-state index < -0.39 is 5.60 Å². The van der Waals surface area contributed by atoms with Gasteiger partial charge in [-0.15, -0.1) is 0 Å². The van der Waals surface area contributed by atoms with Crippen molar-refractivity contribution in [3.05, 3.63) is 35.1 Å². The molecule has 0 bridgehead atoms. The SMILES string of the molecule is CC(C)(C)OC(=O)N1CCN(Cc2ccc(F)cc2C2CC2)CC1. The summed E-state index contributed by atoms with van der Waals surface area (Å²) in [6.45, 7) is 9.47. The van der Waals surface area contributed by atoms with Gasteiger partial charge in [0.05, 0.1) is 0 Å². The van der Waals surface area contributed by atoms with Crippen molar-refractivity contribution in [2.24, 2.45) is 0 Å². The molecule has 0 N–H and O–H groups in total. The zero-order chi connectivity index (χ0) is 17.3. The standard InChI is InChI=1S/C19H27FN2O2/c1-19(2,3)24-18(23)22-10-8-21(9-11-22)13-15-6-7-16(20)12-17(15)14-4-5-14/h6-7,12,14H,4-5,8-11,13H2,1-3H3. The summed E-state index contributed by atoms with van der Waals surface area (Å²) < 4.78 is 18.9. The molecule has 132 valence electrons. The molecule has 0 aromatic heterocycles. The fourth-order valence-corrected chi connectivity index (χ4v) is 3.14. The number of nitrogens with zero attached hydrogens (tertiary/aromatic N) is 2. The first-order valence-corrected chi connectivity index (χ1v) is 8.80. The van der Waals surface area contributed by atoms with Crippen molar-refractivity contribution in [2.75, 3.05) is 26.2 Å². The van der Waals surface area contributed by atoms with E-state index in [1.54, 1.807) is 17.0 Å². The molecule has 5 heteroatoms. The Kier molecular flexibility index (Phi) is 4.81. The van der Waals surface area contributed by atoms with Crippen LogP contribution in [0.1, 0.15) is 50.7 Å². The number of benzene rings is 1. The van der Waals surface area contributed by atoms with E-state index in [9.17, 15) is 9.18 Å². The Hall–Kier alpha value is -1.62. The third kappa shape index (κ3) is 4.47. The molecule has 0 radical (unpaired) electrons. The Balaban J connectivity index is 1.55. The number of hydrogen-bond acceptors (Lipinski definition) is 3. The van der Waals surface area contributed by atoms with Crippen LogP contribution in [0.2, 0.25) is 0 Å². The highest BCUT2D eigenvalue weighted by Gasteiger charge is 2.29. The number of carbonyl (C=O) groups excluding carboxylic acids is 1. The van der Waals surface area contributed by atoms with Gasteiger partial charge in [-0.2, -0.15) is 0 Å². The maximum atomic E-state index is 13.5. The number of amides is 1. The van der Waals surface area contributed by atoms with Crippen LogP contribution in [0.3, 0.4) is 0 Å². The van der Waals surface area contributed by atoms with E-state index in [2.05, 4.69) is 4.90 Å². The fourth-order valence-electron chi connectivity index (χ4n) is 3.14. The van der Waals surface area contributed by atoms with Crippen molar-refractivity contribution in [1.29, 1.82) is 0 Å². The van der Waals surface area contributed by atoms with Crippen LogP contribution in [-0.2, 0) is 11.3 Å². The monoisotopic (exact) mass is 334 g/mol. The van der Waals surface area contributed by atoms with Gasteiger partial charge in [0.25, 0.3) is 0 Å². The van der Waals surface area contributed by atoms with Gasteiger partial charge in [-0.05, 0) is 62.8 Å². The summed E-state index contributed by atoms with van der Waals surface area (Å²) in [5, 5.41) is 0. The van der Waals surface area contributed by atoms with Gasteiger partial charge in [0.15, 0.2) is 0 Å². The first-order chi connectivity index (χ1) is 11.3. The number of carbonyl (C=O) groups is 1. The molecule has 1 amide bonds. The third-order valence-electron chi connectivity index (χ3n) is 4.54. The summed E-state index contributed by atoms with van der Waals surface area (Å²) >= 11 is 0. The molecule has 0 spiro atoms. The molecule has 3 rings (SSSR count). The lowest BCUT2D eigenvalue weighted by Gasteiger charge is -2.35. The van der Waals surface area contributed by atoms with E-state index in [-0.39, 0.29) is 11.9 Å². The quantitative estimate of drug-likeness (QED) is 0.844. The van der Waals surface area contributed by atoms with Crippen molar-refractivity contribution in [3.63, 3.8) is 0 Å². The van der Waals surface area contributed by atoms with Gasteiger partial charge >= 0.3 is 6.09 Å². The van der Waals surface area contributed by atoms with Crippen LogP contribution >= 0.6 is 0 Å². The lowest BCUT2D eigenvalue weighted by molar-refractivity contribution is 0.0139. The van der Waals surface area contributed by atoms with Crippen LogP contribution in [0.4, 0.5) is 9.18 Å². The normalized spacial score (nSPS) is 19.4. The summed E-state index contributed by atoms with van der Waals surface area (Å²) in [4.78, 5) is 16.2. The van der Waals surface area contributed by atoms with E-state index >= 15 is 0 Å². The van der Waals surface area contributed by atoms with Crippen molar-refractivity contribution in [2.45, 2.75) is 51.7 Å². The zero-order valence-corrected chi connectivity index (χ0v) is 14.8. The van der Waals surface area contributed by atoms with E-state index in [1.807, 2.05) is 26.8 Å². The minimum atomic E-state index is -0.457. The summed E-state index contributed by atoms with van der Waals surface area (Å²) in [6.07, 6.45) is 2.11. The van der Waals surface area contributed by atoms with Crippen LogP contribution in [0.15, 0.2) is 18.2 Å². The second kappa shape index (κ2) is 6.71. The Labute approximate surface area is 143 Å². The summed E-state index contributed by atoms with van der Waals surface area (Å²) in [7, 11) is 0. The molecule has 1 aromatic carbocycles. The molecule has 1 heterocycles. The predicted octanol–water partition coefficient (Wildman–Crippen LogP) is 3.76. The van der Waals surface area contributed by atoms with Crippen LogP contribution in [-0.4, -0.2) is 47.7 Å². The van der Waals surface area contributed by atoms with Crippen LogP contribution in [0.25, 0.3) is 0 Å². The lowest BCUT2D eigenvalue weighted by atomic mass is 10.0. The molecule has 1 aliphatic heterocycles. The minimum Gasteiger partial charge on any atom is -0.444 e. The molecule has 0 atom stereocenters. The molecule has 24 heavy (non-hydrogen) atoms. The van der Waals surface area contributed by atoms with Gasteiger partial charge in [0.2, 0.25) is 0 Å². The van der Waals surface area contributed by atoms with E-state index in [4.69, 9.17) is 4.74 Å². The second-order valence-electron chi connectivity index (χ2n) is 7.86. The van der Waals surface area contributed by atoms with Gasteiger partial charge in [-0.1, -0.05) is 6.07 Å². The second-order valence-corrected chi connectivity index (χ2v) is 7.86. The average Bonchev–Trinajstić information content (AvgIpc) is 3.33. The van der Waals surface area contributed by atoms with Gasteiger partial charge < -0.3 is 9.64 Å². The number of ether oxygens (including phenoxy) is 1. The zero-order valence-electron chi connectivity index (χ0n) is 14.8. The summed E-state index contributed by atoms with van der Waals surface area (Å²) in [5.74, 6) is 0.397. The molecule has 4 nitrogen and oxygen atoms in total. The van der Waals surface area contributed by atoms with E-state index in [1.165, 1.54) is 24.0 Å². The Morgan fingerprint density at radius 2 is 1.88 bits per heavy atom. The van der Waals surface area contributed by atoms with Crippen LogP contribution < -0.4 is 0 Å². The first-order valence-electron chi connectivity index (χ1n) is 8.80. The molecule has 1 aliphatic carbocycles. The third-order valence-corrected chi connectivity index (χ3v) is 4.54. The molecule has 0 unspecified atom stereocenters. The molecule has 1 aromatic rings. The topological polar surface area (TPSA) is 32.8 Å². The lowest BCUT2D eigenvalue weighted by Crippen LogP contribution is -2.49. The van der Waals surface area contributed by atoms with Gasteiger partial charge in [0, 0.05) is 32.7 Å². The van der Waals surface area contributed by atoms with Crippen molar-refractivity contribution < 1.29 is 13.9 Å². The molecule has 2 aliphatic rings. The molecule has 2 fully saturated rings. The Morgan fingerprint density at radius 3 is 2.46 bits per heavy atom. The first kappa shape index (κ1) is 17.2. The van der Waals surface area contributed by atoms with Gasteiger partial charge in [0.1, 0.15) is 11.4 Å². The van der Waals surface area contributed by atoms with Crippen LogP contribution in [0.5, 0.6) is 0 Å². The van der Waals surface area contributed by atoms with Crippen molar-refractivity contribution in [3.8, 4) is 0 Å². The Bertz CT molecular complexity index is 600. The van der Waals surface area contributed by atoms with E-state index in [0.717, 1.165) is 19.6 Å². The van der Waals surface area contributed by atoms with Crippen LogP contribution in [0, 0.1) is 5.82 Å². The van der Waals surface area contributed by atoms with E-state index in [0.29, 0.717) is 19.0 Å². The minimum absolute atomic E-state index is 0.143. The van der Waals surface area contributed by atoms with Gasteiger partial charge in [-0.3, -0.25) is 4.90 Å². The molecule has 1 saturated heterocycles. The predicted molar refractivity (Wildman–Crippen MR) is 91.5 cm³/mol. The molecular weight excluding hydrogens is 307 g/mol. The van der Waals surface area contributed by atoms with Crippen molar-refractivity contribution in [1.82, 2.24) is 9.80 Å². The maximum Gasteiger partial charge on any atom is 0.410 e. The highest BCUT2D eigenvalue weighted by Crippen LogP contribution is 2.42. The number of hydrogen-bond donors (Lipinski definition) is 0. The fraction of sp³-hybridized carbons (Fsp3) is 0.632. The summed E-state index contributed by atoms with van der Waals surface area (Å²) in [5.41, 5.74) is 1.94. The highest BCUT2D eigenvalue weighted by molar-refractivity contribution is 5.68. The molecular formula is C19H27FN2O2. The number of rotatable bonds is 3. The molecule has 1 saturated carbocycles. The number of halogens is 1. The smallest absolute Gasteiger partial charge is 0.410 e. The number of piperazine rings is 1. The highest BCUT2D eigenvalue weighted by atomic mass is 19.1. The summed E-state index contributed by atoms with van der Waals surface area (Å²) in [6, 6.07) is 5.17. The van der Waals surface area contributed by atoms with Gasteiger partial charge in [-0.25, -0.2) is 9.18 Å². The average molecular weight is 334 g/mol.